The van der Waals surface area contributed by atoms with Crippen LogP contribution in [-0.4, -0.2) is 50.1 Å². The standard InChI is InChI=1S/C23H24N2O4/c1-28-19-8-6-17(7-9-19)18-10-13-24(14-11-18)22(26)12-15-25-20-4-2-3-5-21(20)29-16-23(25)27/h2-10H,11-16H2,1H3. The van der Waals surface area contributed by atoms with Gasteiger partial charge in [0.2, 0.25) is 5.91 Å². The summed E-state index contributed by atoms with van der Waals surface area (Å²) >= 11 is 0. The Labute approximate surface area is 170 Å². The largest absolute Gasteiger partial charge is 0.497 e. The van der Waals surface area contributed by atoms with Crippen molar-refractivity contribution < 1.29 is 19.1 Å². The van der Waals surface area contributed by atoms with E-state index in [4.69, 9.17) is 9.47 Å². The van der Waals surface area contributed by atoms with Gasteiger partial charge in [-0.1, -0.05) is 30.3 Å². The molecule has 0 unspecified atom stereocenters. The van der Waals surface area contributed by atoms with Gasteiger partial charge in [0.15, 0.2) is 6.61 Å². The number of nitrogens with zero attached hydrogens (tertiary/aromatic N) is 2. The third kappa shape index (κ3) is 4.11. The van der Waals surface area contributed by atoms with Crippen molar-refractivity contribution in [1.82, 2.24) is 4.90 Å². The highest BCUT2D eigenvalue weighted by molar-refractivity contribution is 5.98. The summed E-state index contributed by atoms with van der Waals surface area (Å²) in [6.45, 7) is 1.66. The fourth-order valence-electron chi connectivity index (χ4n) is 3.73. The van der Waals surface area contributed by atoms with Gasteiger partial charge in [0.1, 0.15) is 11.5 Å². The fraction of sp³-hybridized carbons (Fsp3) is 0.304. The molecular formula is C23H24N2O4. The fourth-order valence-corrected chi connectivity index (χ4v) is 3.73. The Morgan fingerprint density at radius 1 is 1.14 bits per heavy atom. The smallest absolute Gasteiger partial charge is 0.265 e. The van der Waals surface area contributed by atoms with Crippen LogP contribution in [0.15, 0.2) is 54.6 Å². The van der Waals surface area contributed by atoms with Crippen molar-refractivity contribution in [3.8, 4) is 11.5 Å². The molecule has 0 aromatic heterocycles. The van der Waals surface area contributed by atoms with Crippen LogP contribution in [0.4, 0.5) is 5.69 Å². The molecule has 2 aromatic rings. The summed E-state index contributed by atoms with van der Waals surface area (Å²) in [5, 5.41) is 0. The third-order valence-electron chi connectivity index (χ3n) is 5.38. The lowest BCUT2D eigenvalue weighted by Gasteiger charge is -2.31. The quantitative estimate of drug-likeness (QED) is 0.785. The van der Waals surface area contributed by atoms with E-state index < -0.39 is 0 Å². The van der Waals surface area contributed by atoms with Gasteiger partial charge in [-0.25, -0.2) is 0 Å². The molecular weight excluding hydrogens is 368 g/mol. The van der Waals surface area contributed by atoms with E-state index in [1.165, 1.54) is 5.57 Å². The Kier molecular flexibility index (Phi) is 5.51. The number of ether oxygens (including phenoxy) is 2. The predicted molar refractivity (Wildman–Crippen MR) is 111 cm³/mol. The Morgan fingerprint density at radius 2 is 1.93 bits per heavy atom. The summed E-state index contributed by atoms with van der Waals surface area (Å²) < 4.78 is 10.7. The number of methoxy groups -OCH3 is 1. The number of rotatable bonds is 5. The first-order valence-corrected chi connectivity index (χ1v) is 9.79. The summed E-state index contributed by atoms with van der Waals surface area (Å²) in [6, 6.07) is 15.4. The number of carbonyl (C=O) groups excluding carboxylic acids is 2. The number of hydrogen-bond donors (Lipinski definition) is 0. The van der Waals surface area contributed by atoms with Gasteiger partial charge in [-0.15, -0.1) is 0 Å². The first-order valence-electron chi connectivity index (χ1n) is 9.79. The Bertz CT molecular complexity index is 936. The number of para-hydroxylation sites is 2. The number of amides is 2. The number of fused-ring (bicyclic) bond motifs is 1. The first kappa shape index (κ1) is 19.1. The van der Waals surface area contributed by atoms with Gasteiger partial charge in [-0.2, -0.15) is 0 Å². The molecule has 2 aliphatic rings. The molecule has 6 heteroatoms. The second-order valence-corrected chi connectivity index (χ2v) is 7.10. The highest BCUT2D eigenvalue weighted by atomic mass is 16.5. The van der Waals surface area contributed by atoms with Gasteiger partial charge >= 0.3 is 0 Å². The lowest BCUT2D eigenvalue weighted by atomic mass is 9.99. The van der Waals surface area contributed by atoms with Crippen LogP contribution in [0.25, 0.3) is 5.57 Å². The van der Waals surface area contributed by atoms with Gasteiger partial charge < -0.3 is 19.3 Å². The summed E-state index contributed by atoms with van der Waals surface area (Å²) in [7, 11) is 1.65. The molecule has 6 nitrogen and oxygen atoms in total. The van der Waals surface area contributed by atoms with E-state index in [-0.39, 0.29) is 18.4 Å². The van der Waals surface area contributed by atoms with Gasteiger partial charge in [0.25, 0.3) is 5.91 Å². The molecule has 0 saturated carbocycles. The number of anilines is 1. The maximum absolute atomic E-state index is 12.7. The van der Waals surface area contributed by atoms with Crippen molar-refractivity contribution in [3.05, 3.63) is 60.2 Å². The summed E-state index contributed by atoms with van der Waals surface area (Å²) in [5.41, 5.74) is 3.14. The molecule has 0 N–H and O–H groups in total. The SMILES string of the molecule is COc1ccc(C2=CCN(C(=O)CCN3C(=O)COc4ccccc43)CC2)cc1. The molecule has 2 heterocycles. The van der Waals surface area contributed by atoms with Crippen LogP contribution in [0.5, 0.6) is 11.5 Å². The molecule has 4 rings (SSSR count). The van der Waals surface area contributed by atoms with E-state index in [0.717, 1.165) is 23.4 Å². The molecule has 0 radical (unpaired) electrons. The molecule has 2 aromatic carbocycles. The minimum Gasteiger partial charge on any atom is -0.497 e. The molecule has 0 saturated heterocycles. The van der Waals surface area contributed by atoms with Crippen LogP contribution in [0.1, 0.15) is 18.4 Å². The number of carbonyl (C=O) groups is 2. The molecule has 0 atom stereocenters. The van der Waals surface area contributed by atoms with E-state index in [9.17, 15) is 9.59 Å². The van der Waals surface area contributed by atoms with Crippen LogP contribution >= 0.6 is 0 Å². The van der Waals surface area contributed by atoms with Gasteiger partial charge in [-0.05, 0) is 41.8 Å². The second kappa shape index (κ2) is 8.39. The minimum absolute atomic E-state index is 0.0167. The normalized spacial score (nSPS) is 16.0. The van der Waals surface area contributed by atoms with E-state index in [1.807, 2.05) is 53.4 Å². The van der Waals surface area contributed by atoms with Crippen LogP contribution in [0.3, 0.4) is 0 Å². The average molecular weight is 392 g/mol. The third-order valence-corrected chi connectivity index (χ3v) is 5.38. The van der Waals surface area contributed by atoms with E-state index in [2.05, 4.69) is 6.08 Å². The molecule has 0 spiro atoms. The zero-order chi connectivity index (χ0) is 20.2. The van der Waals surface area contributed by atoms with Gasteiger partial charge in [-0.3, -0.25) is 9.59 Å². The van der Waals surface area contributed by atoms with Crippen molar-refractivity contribution in [3.63, 3.8) is 0 Å². The second-order valence-electron chi connectivity index (χ2n) is 7.10. The van der Waals surface area contributed by atoms with Crippen LogP contribution in [0, 0.1) is 0 Å². The van der Waals surface area contributed by atoms with Gasteiger partial charge in [0, 0.05) is 26.1 Å². The van der Waals surface area contributed by atoms with Crippen molar-refractivity contribution in [1.29, 1.82) is 0 Å². The Balaban J connectivity index is 1.35. The average Bonchev–Trinajstić information content (AvgIpc) is 2.78. The lowest BCUT2D eigenvalue weighted by molar-refractivity contribution is -0.130. The Morgan fingerprint density at radius 3 is 2.66 bits per heavy atom. The van der Waals surface area contributed by atoms with E-state index in [1.54, 1.807) is 12.0 Å². The highest BCUT2D eigenvalue weighted by Crippen LogP contribution is 2.31. The van der Waals surface area contributed by atoms with Crippen molar-refractivity contribution >= 4 is 23.1 Å². The maximum Gasteiger partial charge on any atom is 0.265 e. The molecule has 2 amide bonds. The van der Waals surface area contributed by atoms with Crippen LogP contribution < -0.4 is 14.4 Å². The molecule has 0 aliphatic carbocycles. The minimum atomic E-state index is -0.114. The number of hydrogen-bond acceptors (Lipinski definition) is 4. The number of benzene rings is 2. The van der Waals surface area contributed by atoms with Crippen molar-refractivity contribution in [2.24, 2.45) is 0 Å². The molecule has 0 bridgehead atoms. The molecule has 2 aliphatic heterocycles. The zero-order valence-electron chi connectivity index (χ0n) is 16.5. The van der Waals surface area contributed by atoms with Gasteiger partial charge in [0.05, 0.1) is 12.8 Å². The predicted octanol–water partition coefficient (Wildman–Crippen LogP) is 3.13. The molecule has 150 valence electrons. The monoisotopic (exact) mass is 392 g/mol. The Hall–Kier alpha value is -3.28. The topological polar surface area (TPSA) is 59.1 Å². The van der Waals surface area contributed by atoms with E-state index in [0.29, 0.717) is 31.8 Å². The molecule has 0 fully saturated rings. The molecule has 29 heavy (non-hydrogen) atoms. The van der Waals surface area contributed by atoms with E-state index >= 15 is 0 Å². The summed E-state index contributed by atoms with van der Waals surface area (Å²) in [4.78, 5) is 28.4. The van der Waals surface area contributed by atoms with Crippen molar-refractivity contribution in [2.45, 2.75) is 12.8 Å². The zero-order valence-corrected chi connectivity index (χ0v) is 16.5. The first-order chi connectivity index (χ1) is 14.2. The van der Waals surface area contributed by atoms with Crippen LogP contribution in [-0.2, 0) is 9.59 Å². The summed E-state index contributed by atoms with van der Waals surface area (Å²) in [6.07, 6.45) is 3.22. The maximum atomic E-state index is 12.7. The highest BCUT2D eigenvalue weighted by Gasteiger charge is 2.26. The van der Waals surface area contributed by atoms with Crippen molar-refractivity contribution in [2.75, 3.05) is 38.3 Å². The lowest BCUT2D eigenvalue weighted by Crippen LogP contribution is -2.42. The van der Waals surface area contributed by atoms with Crippen LogP contribution in [0.2, 0.25) is 0 Å². The summed E-state index contributed by atoms with van der Waals surface area (Å²) in [5.74, 6) is 1.47.